The first-order valence-corrected chi connectivity index (χ1v) is 38.2. The lowest BCUT2D eigenvalue weighted by molar-refractivity contribution is -0.161. The number of hydrogen-bond donors (Lipinski definition) is 3. The van der Waals surface area contributed by atoms with Crippen LogP contribution < -0.4 is 0 Å². The van der Waals surface area contributed by atoms with Crippen LogP contribution in [0.25, 0.3) is 0 Å². The van der Waals surface area contributed by atoms with Crippen LogP contribution in [0.5, 0.6) is 0 Å². The molecule has 0 aliphatic heterocycles. The van der Waals surface area contributed by atoms with Gasteiger partial charge >= 0.3 is 39.5 Å². The van der Waals surface area contributed by atoms with Crippen LogP contribution in [0.2, 0.25) is 0 Å². The molecule has 3 unspecified atom stereocenters. The van der Waals surface area contributed by atoms with Crippen LogP contribution in [0.3, 0.4) is 0 Å². The number of aliphatic hydroxyl groups is 1. The summed E-state index contributed by atoms with van der Waals surface area (Å²) in [5.41, 5.74) is 0. The molecule has 0 aromatic carbocycles. The SMILES string of the molecule is CC(C)CCCCCCCCCCCCCCC(=O)OC[C@H](COP(=O)(O)OCC(O)COP(=O)(O)OC[C@@H](COC(=O)CCCCCCCCCCC(C)C)OC(=O)CCCCCCCCC(C)C)OC(=O)CCCCCCCCCCCC(C)C. The van der Waals surface area contributed by atoms with E-state index in [1.54, 1.807) is 0 Å². The van der Waals surface area contributed by atoms with E-state index in [0.717, 1.165) is 108 Å². The zero-order chi connectivity index (χ0) is 64.7. The van der Waals surface area contributed by atoms with Crippen LogP contribution >= 0.6 is 15.6 Å². The van der Waals surface area contributed by atoms with Gasteiger partial charge in [0.05, 0.1) is 26.4 Å². The summed E-state index contributed by atoms with van der Waals surface area (Å²) in [4.78, 5) is 72.4. The van der Waals surface area contributed by atoms with Gasteiger partial charge in [0.2, 0.25) is 0 Å². The summed E-state index contributed by atoms with van der Waals surface area (Å²) >= 11 is 0. The number of phosphoric ester groups is 2. The summed E-state index contributed by atoms with van der Waals surface area (Å²) in [5.74, 6) is 0.777. The highest BCUT2D eigenvalue weighted by Gasteiger charge is 2.30. The smallest absolute Gasteiger partial charge is 0.462 e. The van der Waals surface area contributed by atoms with Crippen molar-refractivity contribution in [2.75, 3.05) is 39.6 Å². The minimum atomic E-state index is -4.95. The first kappa shape index (κ1) is 85.1. The van der Waals surface area contributed by atoms with Gasteiger partial charge in [0.15, 0.2) is 12.2 Å². The number of carbonyl (C=O) groups excluding carboxylic acids is 4. The Morgan fingerprint density at radius 1 is 0.287 bits per heavy atom. The quantitative estimate of drug-likeness (QED) is 0.0222. The molecule has 19 heteroatoms. The van der Waals surface area contributed by atoms with Crippen molar-refractivity contribution in [3.05, 3.63) is 0 Å². The molecule has 0 saturated carbocycles. The van der Waals surface area contributed by atoms with Crippen molar-refractivity contribution in [1.82, 2.24) is 0 Å². The van der Waals surface area contributed by atoms with E-state index in [1.807, 2.05) is 0 Å². The standard InChI is InChI=1S/C68H132O17P2/c1-58(2)44-36-28-20-14-11-9-10-12-16-23-32-40-48-65(70)78-54-63(84-67(72)50-42-34-25-17-13-15-21-29-37-45-59(3)4)56-82-86(74,75)80-52-62(69)53-81-87(76,77)83-57-64(85-68(73)51-43-35-27-26-31-39-47-61(7)8)55-79-66(71)49-41-33-24-19-18-22-30-38-46-60(5)6/h58-64,69H,9-57H2,1-8H3,(H,74,75)(H,76,77)/t62?,63-,64-/m1/s1. The molecular formula is C68H132O17P2. The molecule has 3 N–H and O–H groups in total. The Labute approximate surface area is 530 Å². The fourth-order valence-corrected chi connectivity index (χ4v) is 11.7. The molecule has 0 fully saturated rings. The van der Waals surface area contributed by atoms with Crippen molar-refractivity contribution in [2.45, 2.75) is 350 Å². The van der Waals surface area contributed by atoms with Crippen molar-refractivity contribution >= 4 is 39.5 Å². The highest BCUT2D eigenvalue weighted by molar-refractivity contribution is 7.47. The Morgan fingerprint density at radius 3 is 0.713 bits per heavy atom. The van der Waals surface area contributed by atoms with Gasteiger partial charge in [-0.1, -0.05) is 280 Å². The molecule has 0 spiro atoms. The van der Waals surface area contributed by atoms with E-state index in [9.17, 15) is 43.2 Å². The van der Waals surface area contributed by atoms with Crippen LogP contribution in [-0.2, 0) is 65.4 Å². The Hall–Kier alpha value is -1.94. The topological polar surface area (TPSA) is 237 Å². The molecule has 516 valence electrons. The molecule has 17 nitrogen and oxygen atoms in total. The molecule has 0 radical (unpaired) electrons. The normalized spacial score (nSPS) is 14.3. The fourth-order valence-electron chi connectivity index (χ4n) is 10.1. The van der Waals surface area contributed by atoms with Gasteiger partial charge in [-0.15, -0.1) is 0 Å². The van der Waals surface area contributed by atoms with E-state index in [1.165, 1.54) is 135 Å². The molecule has 0 aromatic heterocycles. The number of ether oxygens (including phenoxy) is 4. The second kappa shape index (κ2) is 57.9. The van der Waals surface area contributed by atoms with Crippen LogP contribution in [0, 0.1) is 23.7 Å². The molecule has 0 aliphatic rings. The number of carbonyl (C=O) groups is 4. The Kier molecular flexibility index (Phi) is 56.6. The van der Waals surface area contributed by atoms with Crippen LogP contribution in [-0.4, -0.2) is 96.7 Å². The highest BCUT2D eigenvalue weighted by atomic mass is 31.2. The Bertz CT molecular complexity index is 1730. The van der Waals surface area contributed by atoms with Crippen LogP contribution in [0.1, 0.15) is 331 Å². The zero-order valence-electron chi connectivity index (χ0n) is 56.6. The largest absolute Gasteiger partial charge is 0.472 e. The number of esters is 4. The van der Waals surface area contributed by atoms with E-state index >= 15 is 0 Å². The van der Waals surface area contributed by atoms with E-state index in [0.29, 0.717) is 31.6 Å². The van der Waals surface area contributed by atoms with E-state index in [4.69, 9.17) is 37.0 Å². The van der Waals surface area contributed by atoms with Gasteiger partial charge < -0.3 is 33.8 Å². The number of unbranched alkanes of at least 4 members (excludes halogenated alkanes) is 31. The maximum absolute atomic E-state index is 13.0. The summed E-state index contributed by atoms with van der Waals surface area (Å²) in [6, 6.07) is 0. The van der Waals surface area contributed by atoms with Crippen molar-refractivity contribution in [3.8, 4) is 0 Å². The van der Waals surface area contributed by atoms with Crippen LogP contribution in [0.15, 0.2) is 0 Å². The van der Waals surface area contributed by atoms with E-state index in [2.05, 4.69) is 55.4 Å². The lowest BCUT2D eigenvalue weighted by atomic mass is 10.0. The molecule has 0 bridgehead atoms. The van der Waals surface area contributed by atoms with Gasteiger partial charge in [0.1, 0.15) is 19.3 Å². The average Bonchev–Trinajstić information content (AvgIpc) is 3.49. The zero-order valence-corrected chi connectivity index (χ0v) is 58.4. The Balaban J connectivity index is 5.23. The lowest BCUT2D eigenvalue weighted by Crippen LogP contribution is -2.30. The highest BCUT2D eigenvalue weighted by Crippen LogP contribution is 2.45. The number of hydrogen-bond acceptors (Lipinski definition) is 15. The van der Waals surface area contributed by atoms with Crippen molar-refractivity contribution in [2.24, 2.45) is 23.7 Å². The van der Waals surface area contributed by atoms with Crippen molar-refractivity contribution < 1.29 is 80.2 Å². The summed E-state index contributed by atoms with van der Waals surface area (Å²) in [6.45, 7) is 14.0. The van der Waals surface area contributed by atoms with Gasteiger partial charge in [-0.3, -0.25) is 37.3 Å². The molecule has 5 atom stereocenters. The van der Waals surface area contributed by atoms with Crippen LogP contribution in [0.4, 0.5) is 0 Å². The van der Waals surface area contributed by atoms with E-state index in [-0.39, 0.29) is 25.7 Å². The molecule has 0 heterocycles. The van der Waals surface area contributed by atoms with Gasteiger partial charge in [-0.2, -0.15) is 0 Å². The average molecular weight is 1280 g/mol. The predicted octanol–water partition coefficient (Wildman–Crippen LogP) is 18.9. The number of rotatable bonds is 65. The van der Waals surface area contributed by atoms with Gasteiger partial charge in [-0.25, -0.2) is 9.13 Å². The molecule has 0 amide bonds. The molecule has 0 aliphatic carbocycles. The molecule has 0 aromatic rings. The van der Waals surface area contributed by atoms with Gasteiger partial charge in [-0.05, 0) is 49.4 Å². The summed E-state index contributed by atoms with van der Waals surface area (Å²) in [7, 11) is -9.90. The maximum Gasteiger partial charge on any atom is 0.472 e. The molecule has 0 saturated heterocycles. The second-order valence-corrected chi connectivity index (χ2v) is 29.4. The second-order valence-electron chi connectivity index (χ2n) is 26.5. The van der Waals surface area contributed by atoms with E-state index < -0.39 is 97.5 Å². The third-order valence-corrected chi connectivity index (χ3v) is 17.5. The fraction of sp³-hybridized carbons (Fsp3) is 0.941. The van der Waals surface area contributed by atoms with Crippen molar-refractivity contribution in [1.29, 1.82) is 0 Å². The first-order valence-electron chi connectivity index (χ1n) is 35.2. The lowest BCUT2D eigenvalue weighted by Gasteiger charge is -2.21. The Morgan fingerprint density at radius 2 is 0.483 bits per heavy atom. The molecule has 0 rings (SSSR count). The van der Waals surface area contributed by atoms with Crippen molar-refractivity contribution in [3.63, 3.8) is 0 Å². The molecule has 87 heavy (non-hydrogen) atoms. The third-order valence-electron chi connectivity index (χ3n) is 15.6. The predicted molar refractivity (Wildman–Crippen MR) is 349 cm³/mol. The third kappa shape index (κ3) is 62.6. The number of phosphoric acid groups is 2. The summed E-state index contributed by atoms with van der Waals surface area (Å²) in [6.07, 6.45) is 39.2. The molecular weight excluding hydrogens is 1150 g/mol. The minimum Gasteiger partial charge on any atom is -0.462 e. The first-order chi connectivity index (χ1) is 41.6. The summed E-state index contributed by atoms with van der Waals surface area (Å²) in [5, 5.41) is 10.6. The van der Waals surface area contributed by atoms with Gasteiger partial charge in [0, 0.05) is 25.7 Å². The minimum absolute atomic E-state index is 0.101. The number of aliphatic hydroxyl groups excluding tert-OH is 1. The maximum atomic E-state index is 13.0. The van der Waals surface area contributed by atoms with Gasteiger partial charge in [0.25, 0.3) is 0 Å². The monoisotopic (exact) mass is 1280 g/mol. The summed E-state index contributed by atoms with van der Waals surface area (Å²) < 4.78 is 68.1.